The van der Waals surface area contributed by atoms with Crippen molar-refractivity contribution in [2.45, 2.75) is 26.0 Å². The highest BCUT2D eigenvalue weighted by molar-refractivity contribution is 7.11. The maximum atomic E-state index is 12.0. The minimum absolute atomic E-state index is 0.0110. The van der Waals surface area contributed by atoms with Crippen LogP contribution in [0, 0.1) is 6.92 Å². The Labute approximate surface area is 111 Å². The summed E-state index contributed by atoms with van der Waals surface area (Å²) in [6.45, 7) is 4.93. The zero-order valence-electron chi connectivity index (χ0n) is 10.8. The molecule has 1 fully saturated rings. The van der Waals surface area contributed by atoms with Crippen LogP contribution in [0.5, 0.6) is 0 Å². The van der Waals surface area contributed by atoms with E-state index in [0.29, 0.717) is 19.6 Å². The van der Waals surface area contributed by atoms with E-state index in [2.05, 4.69) is 10.3 Å². The van der Waals surface area contributed by atoms with E-state index in [1.807, 2.05) is 20.2 Å². The number of carbonyl (C=O) groups excluding carboxylic acids is 1. The Kier molecular flexibility index (Phi) is 4.68. The third-order valence-corrected chi connectivity index (χ3v) is 3.79. The highest BCUT2D eigenvalue weighted by Gasteiger charge is 2.20. The predicted octanol–water partition coefficient (Wildman–Crippen LogP) is 0.788. The van der Waals surface area contributed by atoms with Crippen LogP contribution in [0.25, 0.3) is 0 Å². The second-order valence-corrected chi connectivity index (χ2v) is 5.82. The topological polar surface area (TPSA) is 54.5 Å². The van der Waals surface area contributed by atoms with Crippen molar-refractivity contribution < 1.29 is 9.53 Å². The number of nitrogens with one attached hydrogen (secondary N) is 1. The first kappa shape index (κ1) is 13.5. The molecule has 2 rings (SSSR count). The molecule has 5 nitrogen and oxygen atoms in total. The van der Waals surface area contributed by atoms with Gasteiger partial charge in [0.25, 0.3) is 0 Å². The van der Waals surface area contributed by atoms with Gasteiger partial charge in [-0.25, -0.2) is 4.98 Å². The number of amides is 1. The minimum atomic E-state index is 0.0110. The zero-order chi connectivity index (χ0) is 13.0. The van der Waals surface area contributed by atoms with E-state index in [1.54, 1.807) is 16.2 Å². The molecule has 1 aromatic heterocycles. The number of nitrogens with zero attached hydrogens (tertiary/aromatic N) is 2. The lowest BCUT2D eigenvalue weighted by Gasteiger charge is -2.25. The number of carbonyl (C=O) groups is 1. The molecule has 0 saturated carbocycles. The summed E-state index contributed by atoms with van der Waals surface area (Å²) in [6, 6.07) is 0. The van der Waals surface area contributed by atoms with Gasteiger partial charge in [0.1, 0.15) is 0 Å². The molecule has 1 amide bonds. The molecule has 6 heteroatoms. The molecule has 1 saturated heterocycles. The van der Waals surface area contributed by atoms with Gasteiger partial charge in [-0.3, -0.25) is 4.79 Å². The van der Waals surface area contributed by atoms with E-state index in [0.717, 1.165) is 23.0 Å². The summed E-state index contributed by atoms with van der Waals surface area (Å²) >= 11 is 1.63. The van der Waals surface area contributed by atoms with Gasteiger partial charge in [0.05, 0.1) is 30.7 Å². The number of ether oxygens (including phenoxy) is 1. The number of hydrogen-bond acceptors (Lipinski definition) is 5. The maximum absolute atomic E-state index is 12.0. The Morgan fingerprint density at radius 2 is 2.56 bits per heavy atom. The quantitative estimate of drug-likeness (QED) is 0.878. The second kappa shape index (κ2) is 6.26. The fourth-order valence-electron chi connectivity index (χ4n) is 1.90. The molecule has 2 heterocycles. The fraction of sp³-hybridized carbons (Fsp3) is 0.667. The van der Waals surface area contributed by atoms with E-state index >= 15 is 0 Å². The number of hydrogen-bond donors (Lipinski definition) is 1. The number of morpholine rings is 1. The SMILES string of the molecule is Cc1ncc(CN(C)C(=O)CC2CNCCO2)s1. The molecule has 1 unspecified atom stereocenters. The van der Waals surface area contributed by atoms with Crippen molar-refractivity contribution in [3.05, 3.63) is 16.1 Å². The first-order chi connectivity index (χ1) is 8.65. The van der Waals surface area contributed by atoms with Crippen molar-refractivity contribution in [2.24, 2.45) is 0 Å². The molecule has 0 radical (unpaired) electrons. The van der Waals surface area contributed by atoms with E-state index in [-0.39, 0.29) is 12.0 Å². The Morgan fingerprint density at radius 1 is 1.72 bits per heavy atom. The minimum Gasteiger partial charge on any atom is -0.375 e. The normalized spacial score (nSPS) is 19.8. The van der Waals surface area contributed by atoms with Crippen molar-refractivity contribution >= 4 is 17.2 Å². The van der Waals surface area contributed by atoms with Gasteiger partial charge in [-0.2, -0.15) is 0 Å². The molecule has 1 N–H and O–H groups in total. The molecule has 1 atom stereocenters. The van der Waals surface area contributed by atoms with Gasteiger partial charge < -0.3 is 15.0 Å². The highest BCUT2D eigenvalue weighted by atomic mass is 32.1. The molecule has 1 aliphatic rings. The summed E-state index contributed by atoms with van der Waals surface area (Å²) in [6.07, 6.45) is 2.29. The van der Waals surface area contributed by atoms with Crippen LogP contribution in [0.15, 0.2) is 6.20 Å². The summed E-state index contributed by atoms with van der Waals surface area (Å²) in [5.41, 5.74) is 0. The lowest BCUT2D eigenvalue weighted by molar-refractivity contribution is -0.133. The Balaban J connectivity index is 1.80. The third kappa shape index (κ3) is 3.76. The van der Waals surface area contributed by atoms with Crippen LogP contribution in [0.2, 0.25) is 0 Å². The van der Waals surface area contributed by atoms with Gasteiger partial charge in [-0.05, 0) is 6.92 Å². The first-order valence-electron chi connectivity index (χ1n) is 6.12. The molecule has 0 aromatic carbocycles. The van der Waals surface area contributed by atoms with Crippen LogP contribution in [0.4, 0.5) is 0 Å². The molecule has 0 spiro atoms. The number of thiazole rings is 1. The van der Waals surface area contributed by atoms with Crippen molar-refractivity contribution in [3.63, 3.8) is 0 Å². The molecular weight excluding hydrogens is 250 g/mol. The summed E-state index contributed by atoms with van der Waals surface area (Å²) in [5, 5.41) is 4.26. The van der Waals surface area contributed by atoms with Crippen molar-refractivity contribution in [1.82, 2.24) is 15.2 Å². The van der Waals surface area contributed by atoms with Gasteiger partial charge >= 0.3 is 0 Å². The van der Waals surface area contributed by atoms with Crippen LogP contribution < -0.4 is 5.32 Å². The van der Waals surface area contributed by atoms with Crippen molar-refractivity contribution in [2.75, 3.05) is 26.7 Å². The van der Waals surface area contributed by atoms with E-state index in [9.17, 15) is 4.79 Å². The van der Waals surface area contributed by atoms with Gasteiger partial charge in [-0.1, -0.05) is 0 Å². The van der Waals surface area contributed by atoms with Crippen molar-refractivity contribution in [3.8, 4) is 0 Å². The van der Waals surface area contributed by atoms with Crippen LogP contribution in [0.3, 0.4) is 0 Å². The third-order valence-electron chi connectivity index (χ3n) is 2.89. The lowest BCUT2D eigenvalue weighted by atomic mass is 10.2. The smallest absolute Gasteiger partial charge is 0.225 e. The van der Waals surface area contributed by atoms with Crippen LogP contribution in [0.1, 0.15) is 16.3 Å². The average Bonchev–Trinajstić information content (AvgIpc) is 2.76. The summed E-state index contributed by atoms with van der Waals surface area (Å²) in [4.78, 5) is 19.1. The summed E-state index contributed by atoms with van der Waals surface area (Å²) in [5.74, 6) is 0.120. The summed E-state index contributed by atoms with van der Waals surface area (Å²) in [7, 11) is 1.83. The molecule has 18 heavy (non-hydrogen) atoms. The molecular formula is C12H19N3O2S. The van der Waals surface area contributed by atoms with Gasteiger partial charge in [0.15, 0.2) is 0 Å². The molecule has 0 aliphatic carbocycles. The maximum Gasteiger partial charge on any atom is 0.225 e. The number of rotatable bonds is 4. The largest absolute Gasteiger partial charge is 0.375 e. The average molecular weight is 269 g/mol. The van der Waals surface area contributed by atoms with Gasteiger partial charge in [-0.15, -0.1) is 11.3 Å². The fourth-order valence-corrected chi connectivity index (χ4v) is 2.75. The number of aromatic nitrogens is 1. The zero-order valence-corrected chi connectivity index (χ0v) is 11.6. The Hall–Kier alpha value is -0.980. The first-order valence-corrected chi connectivity index (χ1v) is 6.94. The van der Waals surface area contributed by atoms with Crippen LogP contribution >= 0.6 is 11.3 Å². The molecule has 0 bridgehead atoms. The second-order valence-electron chi connectivity index (χ2n) is 4.50. The van der Waals surface area contributed by atoms with Crippen LogP contribution in [-0.2, 0) is 16.1 Å². The van der Waals surface area contributed by atoms with Crippen molar-refractivity contribution in [1.29, 1.82) is 0 Å². The van der Waals surface area contributed by atoms with Crippen LogP contribution in [-0.4, -0.2) is 48.6 Å². The summed E-state index contributed by atoms with van der Waals surface area (Å²) < 4.78 is 5.53. The Morgan fingerprint density at radius 3 is 3.17 bits per heavy atom. The lowest BCUT2D eigenvalue weighted by Crippen LogP contribution is -2.41. The van der Waals surface area contributed by atoms with Gasteiger partial charge in [0.2, 0.25) is 5.91 Å². The van der Waals surface area contributed by atoms with E-state index in [1.165, 1.54) is 0 Å². The molecule has 1 aliphatic heterocycles. The Bertz CT molecular complexity index is 402. The molecule has 100 valence electrons. The monoisotopic (exact) mass is 269 g/mol. The van der Waals surface area contributed by atoms with Gasteiger partial charge in [0, 0.05) is 31.2 Å². The molecule has 1 aromatic rings. The standard InChI is InChI=1S/C12H19N3O2S/c1-9-14-7-11(18-9)8-15(2)12(16)5-10-6-13-3-4-17-10/h7,10,13H,3-6,8H2,1-2H3. The van der Waals surface area contributed by atoms with E-state index in [4.69, 9.17) is 4.74 Å². The van der Waals surface area contributed by atoms with E-state index < -0.39 is 0 Å². The number of aryl methyl sites for hydroxylation is 1. The predicted molar refractivity (Wildman–Crippen MR) is 70.6 cm³/mol. The highest BCUT2D eigenvalue weighted by Crippen LogP contribution is 2.14.